The topological polar surface area (TPSA) is 40.5 Å². The van der Waals surface area contributed by atoms with Gasteiger partial charge in [0.2, 0.25) is 5.91 Å². The summed E-state index contributed by atoms with van der Waals surface area (Å²) in [6, 6.07) is 0. The van der Waals surface area contributed by atoms with Crippen LogP contribution in [0.4, 0.5) is 0 Å². The molecule has 1 atom stereocenters. The molecule has 76 valence electrons. The van der Waals surface area contributed by atoms with Crippen LogP contribution < -0.4 is 0 Å². The van der Waals surface area contributed by atoms with E-state index in [-0.39, 0.29) is 11.4 Å². The van der Waals surface area contributed by atoms with Crippen molar-refractivity contribution in [1.29, 1.82) is 0 Å². The Morgan fingerprint density at radius 2 is 2.23 bits per heavy atom. The van der Waals surface area contributed by atoms with Crippen molar-refractivity contribution >= 4 is 5.91 Å². The van der Waals surface area contributed by atoms with Gasteiger partial charge in [0.15, 0.2) is 0 Å². The third-order valence-electron chi connectivity index (χ3n) is 2.70. The van der Waals surface area contributed by atoms with Crippen LogP contribution >= 0.6 is 0 Å². The first-order valence-electron chi connectivity index (χ1n) is 4.96. The molecule has 0 aromatic rings. The lowest BCUT2D eigenvalue weighted by Gasteiger charge is -2.35. The summed E-state index contributed by atoms with van der Waals surface area (Å²) in [5, 5.41) is 9.34. The Bertz CT molecular complexity index is 201. The van der Waals surface area contributed by atoms with Crippen molar-refractivity contribution < 1.29 is 9.90 Å². The van der Waals surface area contributed by atoms with Crippen molar-refractivity contribution in [3.05, 3.63) is 0 Å². The molecular weight excluding hydrogens is 166 g/mol. The molecule has 1 saturated heterocycles. The zero-order valence-electron chi connectivity index (χ0n) is 8.71. The summed E-state index contributed by atoms with van der Waals surface area (Å²) in [6.07, 6.45) is 1.90. The molecule has 0 aromatic carbocycles. The molecule has 0 radical (unpaired) electrons. The monoisotopic (exact) mass is 185 g/mol. The molecule has 1 unspecified atom stereocenters. The molecule has 0 saturated carbocycles. The predicted molar refractivity (Wildman–Crippen MR) is 51.3 cm³/mol. The number of carbonyl (C=O) groups excluding carboxylic acids is 1. The van der Waals surface area contributed by atoms with Gasteiger partial charge < -0.3 is 10.0 Å². The zero-order valence-corrected chi connectivity index (χ0v) is 8.71. The minimum Gasteiger partial charge on any atom is -0.391 e. The Labute approximate surface area is 79.7 Å². The van der Waals surface area contributed by atoms with E-state index in [9.17, 15) is 9.90 Å². The fourth-order valence-corrected chi connectivity index (χ4v) is 2.02. The second-order valence-electron chi connectivity index (χ2n) is 4.42. The molecule has 1 N–H and O–H groups in total. The Morgan fingerprint density at radius 1 is 1.62 bits per heavy atom. The first-order valence-corrected chi connectivity index (χ1v) is 4.96. The van der Waals surface area contributed by atoms with Gasteiger partial charge in [-0.1, -0.05) is 13.3 Å². The standard InChI is InChI=1S/C10H19NO2/c1-4-5-10(2,3)11-7-8(12)6-9(11)13/h8,12H,4-7H2,1-3H3. The molecule has 0 aromatic heterocycles. The van der Waals surface area contributed by atoms with E-state index in [0.717, 1.165) is 12.8 Å². The van der Waals surface area contributed by atoms with Crippen molar-refractivity contribution in [2.45, 2.75) is 51.7 Å². The summed E-state index contributed by atoms with van der Waals surface area (Å²) in [5.41, 5.74) is -0.0939. The van der Waals surface area contributed by atoms with Crippen LogP contribution in [0.5, 0.6) is 0 Å². The van der Waals surface area contributed by atoms with Crippen LogP contribution in [0.25, 0.3) is 0 Å². The smallest absolute Gasteiger partial charge is 0.225 e. The normalized spacial score (nSPS) is 24.2. The quantitative estimate of drug-likeness (QED) is 0.716. The molecule has 0 aliphatic carbocycles. The third-order valence-corrected chi connectivity index (χ3v) is 2.70. The van der Waals surface area contributed by atoms with Gasteiger partial charge in [0.1, 0.15) is 0 Å². The summed E-state index contributed by atoms with van der Waals surface area (Å²) in [5.74, 6) is 0.0888. The summed E-state index contributed by atoms with van der Waals surface area (Å²) >= 11 is 0. The van der Waals surface area contributed by atoms with Gasteiger partial charge in [0.05, 0.1) is 12.5 Å². The first kappa shape index (κ1) is 10.5. The van der Waals surface area contributed by atoms with E-state index in [2.05, 4.69) is 20.8 Å². The molecule has 0 spiro atoms. The SMILES string of the molecule is CCCC(C)(C)N1CC(O)CC1=O. The summed E-state index contributed by atoms with van der Waals surface area (Å²) in [6.45, 7) is 6.74. The molecule has 1 aliphatic heterocycles. The van der Waals surface area contributed by atoms with Gasteiger partial charge >= 0.3 is 0 Å². The maximum Gasteiger partial charge on any atom is 0.225 e. The highest BCUT2D eigenvalue weighted by Crippen LogP contribution is 2.26. The van der Waals surface area contributed by atoms with Crippen molar-refractivity contribution in [2.75, 3.05) is 6.54 Å². The molecule has 1 amide bonds. The van der Waals surface area contributed by atoms with Gasteiger partial charge in [-0.3, -0.25) is 4.79 Å². The zero-order chi connectivity index (χ0) is 10.1. The van der Waals surface area contributed by atoms with Gasteiger partial charge in [-0.25, -0.2) is 0 Å². The van der Waals surface area contributed by atoms with Gasteiger partial charge in [0.25, 0.3) is 0 Å². The van der Waals surface area contributed by atoms with E-state index < -0.39 is 6.10 Å². The molecule has 0 bridgehead atoms. The first-order chi connectivity index (χ1) is 5.97. The van der Waals surface area contributed by atoms with E-state index in [1.165, 1.54) is 0 Å². The van der Waals surface area contributed by atoms with Crippen LogP contribution in [0.3, 0.4) is 0 Å². The molecule has 1 rings (SSSR count). The predicted octanol–water partition coefficient (Wildman–Crippen LogP) is 1.16. The van der Waals surface area contributed by atoms with E-state index in [1.807, 2.05) is 0 Å². The summed E-state index contributed by atoms with van der Waals surface area (Å²) in [7, 11) is 0. The maximum atomic E-state index is 11.5. The van der Waals surface area contributed by atoms with Crippen LogP contribution in [0.1, 0.15) is 40.0 Å². The second kappa shape index (κ2) is 3.66. The minimum atomic E-state index is -0.455. The molecule has 1 fully saturated rings. The number of hydrogen-bond donors (Lipinski definition) is 1. The lowest BCUT2D eigenvalue weighted by Crippen LogP contribution is -2.45. The minimum absolute atomic E-state index is 0.0888. The average molecular weight is 185 g/mol. The van der Waals surface area contributed by atoms with Crippen molar-refractivity contribution in [3.8, 4) is 0 Å². The number of β-amino-alcohol motifs (C(OH)–C–C–N with tert-alkyl or cyclic N) is 1. The van der Waals surface area contributed by atoms with Gasteiger partial charge in [-0.05, 0) is 20.3 Å². The van der Waals surface area contributed by atoms with Crippen molar-refractivity contribution in [3.63, 3.8) is 0 Å². The number of likely N-dealkylation sites (tertiary alicyclic amines) is 1. The van der Waals surface area contributed by atoms with E-state index in [4.69, 9.17) is 0 Å². The molecule has 3 heteroatoms. The van der Waals surface area contributed by atoms with Gasteiger partial charge in [0, 0.05) is 12.1 Å². The molecule has 13 heavy (non-hydrogen) atoms. The Kier molecular flexibility index (Phi) is 2.96. The number of nitrogens with zero attached hydrogens (tertiary/aromatic N) is 1. The van der Waals surface area contributed by atoms with E-state index in [0.29, 0.717) is 13.0 Å². The largest absolute Gasteiger partial charge is 0.391 e. The highest BCUT2D eigenvalue weighted by Gasteiger charge is 2.37. The Balaban J connectivity index is 2.65. The van der Waals surface area contributed by atoms with E-state index in [1.54, 1.807) is 4.90 Å². The average Bonchev–Trinajstić information content (AvgIpc) is 2.30. The third kappa shape index (κ3) is 2.21. The maximum absolute atomic E-state index is 11.5. The number of amides is 1. The Morgan fingerprint density at radius 3 is 2.62 bits per heavy atom. The number of aliphatic hydroxyl groups excluding tert-OH is 1. The van der Waals surface area contributed by atoms with Crippen molar-refractivity contribution in [2.24, 2.45) is 0 Å². The lowest BCUT2D eigenvalue weighted by molar-refractivity contribution is -0.132. The second-order valence-corrected chi connectivity index (χ2v) is 4.42. The summed E-state index contributed by atoms with van der Waals surface area (Å²) < 4.78 is 0. The number of aliphatic hydroxyl groups is 1. The molecule has 1 aliphatic rings. The van der Waals surface area contributed by atoms with E-state index >= 15 is 0 Å². The van der Waals surface area contributed by atoms with Gasteiger partial charge in [-0.2, -0.15) is 0 Å². The molecule has 1 heterocycles. The Hall–Kier alpha value is -0.570. The molecular formula is C10H19NO2. The lowest BCUT2D eigenvalue weighted by atomic mass is 9.97. The van der Waals surface area contributed by atoms with Crippen LogP contribution in [0.2, 0.25) is 0 Å². The summed E-state index contributed by atoms with van der Waals surface area (Å²) in [4.78, 5) is 13.3. The van der Waals surface area contributed by atoms with Crippen LogP contribution in [-0.4, -0.2) is 34.1 Å². The van der Waals surface area contributed by atoms with Crippen LogP contribution in [0, 0.1) is 0 Å². The molecule has 3 nitrogen and oxygen atoms in total. The number of rotatable bonds is 3. The highest BCUT2D eigenvalue weighted by atomic mass is 16.3. The number of hydrogen-bond acceptors (Lipinski definition) is 2. The fraction of sp³-hybridized carbons (Fsp3) is 0.900. The van der Waals surface area contributed by atoms with Gasteiger partial charge in [-0.15, -0.1) is 0 Å². The highest BCUT2D eigenvalue weighted by molar-refractivity contribution is 5.79. The van der Waals surface area contributed by atoms with Crippen molar-refractivity contribution in [1.82, 2.24) is 4.90 Å². The van der Waals surface area contributed by atoms with Crippen LogP contribution in [-0.2, 0) is 4.79 Å². The van der Waals surface area contributed by atoms with Crippen LogP contribution in [0.15, 0.2) is 0 Å². The fourth-order valence-electron chi connectivity index (χ4n) is 2.02. The number of carbonyl (C=O) groups is 1.